The van der Waals surface area contributed by atoms with Crippen molar-refractivity contribution in [2.75, 3.05) is 27.3 Å². The van der Waals surface area contributed by atoms with Crippen LogP contribution in [0.2, 0.25) is 0 Å². The third kappa shape index (κ3) is 6.90. The van der Waals surface area contributed by atoms with Crippen LogP contribution < -0.4 is 0 Å². The number of amides is 1. The van der Waals surface area contributed by atoms with E-state index in [1.807, 2.05) is 7.05 Å². The van der Waals surface area contributed by atoms with E-state index in [1.54, 1.807) is 12.0 Å². The molecule has 0 rings (SSSR count). The van der Waals surface area contributed by atoms with Crippen molar-refractivity contribution >= 4 is 21.8 Å². The van der Waals surface area contributed by atoms with E-state index >= 15 is 0 Å². The molecule has 0 aliphatic heterocycles. The van der Waals surface area contributed by atoms with Gasteiger partial charge in [0.2, 0.25) is 5.91 Å². The van der Waals surface area contributed by atoms with E-state index in [9.17, 15) is 4.79 Å². The van der Waals surface area contributed by atoms with Gasteiger partial charge in [0.25, 0.3) is 0 Å². The minimum atomic E-state index is 0.213. The lowest BCUT2D eigenvalue weighted by molar-refractivity contribution is -0.130. The number of hydrogen-bond donors (Lipinski definition) is 0. The van der Waals surface area contributed by atoms with Gasteiger partial charge in [-0.25, -0.2) is 0 Å². The van der Waals surface area contributed by atoms with Crippen molar-refractivity contribution < 1.29 is 9.53 Å². The summed E-state index contributed by atoms with van der Waals surface area (Å²) < 4.78 is 5.00. The zero-order valence-corrected chi connectivity index (χ0v) is 11.7. The molecule has 0 aliphatic rings. The Labute approximate surface area is 101 Å². The van der Waals surface area contributed by atoms with Crippen LogP contribution in [0.15, 0.2) is 0 Å². The highest BCUT2D eigenvalue weighted by atomic mass is 79.9. The van der Waals surface area contributed by atoms with E-state index in [4.69, 9.17) is 4.74 Å². The van der Waals surface area contributed by atoms with Crippen LogP contribution in [0, 0.1) is 5.92 Å². The molecule has 0 aromatic rings. The van der Waals surface area contributed by atoms with E-state index in [1.165, 1.54) is 0 Å². The second-order valence-corrected chi connectivity index (χ2v) is 5.34. The fourth-order valence-electron chi connectivity index (χ4n) is 1.23. The monoisotopic (exact) mass is 279 g/mol. The Hall–Kier alpha value is -0.0900. The molecule has 0 aromatic heterocycles. The lowest BCUT2D eigenvalue weighted by Gasteiger charge is -2.21. The van der Waals surface area contributed by atoms with E-state index < -0.39 is 0 Å². The first kappa shape index (κ1) is 14.9. The van der Waals surface area contributed by atoms with E-state index in [2.05, 4.69) is 29.8 Å². The summed E-state index contributed by atoms with van der Waals surface area (Å²) in [4.78, 5) is 13.7. The van der Waals surface area contributed by atoms with Gasteiger partial charge in [-0.15, -0.1) is 0 Å². The maximum Gasteiger partial charge on any atom is 0.222 e. The third-order valence-electron chi connectivity index (χ3n) is 2.47. The van der Waals surface area contributed by atoms with Crippen LogP contribution in [0.4, 0.5) is 0 Å². The molecule has 3 nitrogen and oxygen atoms in total. The van der Waals surface area contributed by atoms with Gasteiger partial charge in [0.1, 0.15) is 0 Å². The van der Waals surface area contributed by atoms with Gasteiger partial charge in [-0.05, 0) is 5.92 Å². The smallest absolute Gasteiger partial charge is 0.222 e. The van der Waals surface area contributed by atoms with E-state index in [0.717, 1.165) is 6.42 Å². The summed E-state index contributed by atoms with van der Waals surface area (Å²) >= 11 is 3.47. The fraction of sp³-hybridized carbons (Fsp3) is 0.909. The summed E-state index contributed by atoms with van der Waals surface area (Å²) in [5, 5.41) is 0. The first-order valence-corrected chi connectivity index (χ1v) is 6.29. The van der Waals surface area contributed by atoms with Crippen LogP contribution >= 0.6 is 15.9 Å². The first-order valence-electron chi connectivity index (χ1n) is 5.38. The summed E-state index contributed by atoms with van der Waals surface area (Å²) in [6.45, 7) is 5.53. The molecule has 0 aromatic carbocycles. The molecule has 0 saturated heterocycles. The normalized spacial score (nSPS) is 14.7. The summed E-state index contributed by atoms with van der Waals surface area (Å²) in [6.07, 6.45) is 1.69. The average Bonchev–Trinajstić information content (AvgIpc) is 2.17. The molecule has 0 aliphatic carbocycles. The molecule has 0 spiro atoms. The Morgan fingerprint density at radius 1 is 1.53 bits per heavy atom. The van der Waals surface area contributed by atoms with Crippen molar-refractivity contribution in [2.24, 2.45) is 5.92 Å². The standard InChI is InChI=1S/C11H22BrNO2/c1-5-9(2)6-11(14)13(3)7-10(12)8-15-4/h9-10H,5-8H2,1-4H3. The second kappa shape index (κ2) is 8.11. The number of ether oxygens (including phenoxy) is 1. The quantitative estimate of drug-likeness (QED) is 0.670. The molecule has 90 valence electrons. The van der Waals surface area contributed by atoms with Gasteiger partial charge in [0.05, 0.1) is 11.4 Å². The number of carbonyl (C=O) groups excluding carboxylic acids is 1. The minimum absolute atomic E-state index is 0.213. The van der Waals surface area contributed by atoms with Crippen molar-refractivity contribution in [3.63, 3.8) is 0 Å². The molecule has 0 N–H and O–H groups in total. The zero-order valence-electron chi connectivity index (χ0n) is 10.1. The lowest BCUT2D eigenvalue weighted by Crippen LogP contribution is -2.34. The van der Waals surface area contributed by atoms with Crippen molar-refractivity contribution in [3.8, 4) is 0 Å². The Morgan fingerprint density at radius 2 is 2.13 bits per heavy atom. The number of nitrogens with zero attached hydrogens (tertiary/aromatic N) is 1. The van der Waals surface area contributed by atoms with Crippen LogP contribution in [0.25, 0.3) is 0 Å². The molecule has 15 heavy (non-hydrogen) atoms. The molecule has 0 radical (unpaired) electrons. The number of alkyl halides is 1. The SMILES string of the molecule is CCC(C)CC(=O)N(C)CC(Br)COC. The maximum absolute atomic E-state index is 11.7. The highest BCUT2D eigenvalue weighted by Crippen LogP contribution is 2.10. The third-order valence-corrected chi connectivity index (χ3v) is 3.02. The topological polar surface area (TPSA) is 29.5 Å². The lowest BCUT2D eigenvalue weighted by atomic mass is 10.0. The van der Waals surface area contributed by atoms with Crippen LogP contribution in [0.5, 0.6) is 0 Å². The Kier molecular flexibility index (Phi) is 8.06. The molecule has 2 unspecified atom stereocenters. The van der Waals surface area contributed by atoms with Crippen molar-refractivity contribution in [1.29, 1.82) is 0 Å². The van der Waals surface area contributed by atoms with Crippen molar-refractivity contribution in [1.82, 2.24) is 4.90 Å². The van der Waals surface area contributed by atoms with Gasteiger partial charge < -0.3 is 9.64 Å². The highest BCUT2D eigenvalue weighted by molar-refractivity contribution is 9.09. The number of methoxy groups -OCH3 is 1. The molecule has 2 atom stereocenters. The summed E-state index contributed by atoms with van der Waals surface area (Å²) in [6, 6.07) is 0. The molecule has 4 heteroatoms. The van der Waals surface area contributed by atoms with Crippen LogP contribution in [0.1, 0.15) is 26.7 Å². The van der Waals surface area contributed by atoms with Crippen molar-refractivity contribution in [3.05, 3.63) is 0 Å². The summed E-state index contributed by atoms with van der Waals surface area (Å²) in [7, 11) is 3.50. The molecule has 0 saturated carbocycles. The van der Waals surface area contributed by atoms with Gasteiger partial charge in [-0.3, -0.25) is 4.79 Å². The molecular formula is C11H22BrNO2. The Morgan fingerprint density at radius 3 is 2.60 bits per heavy atom. The fourth-order valence-corrected chi connectivity index (χ4v) is 1.93. The van der Waals surface area contributed by atoms with Gasteiger partial charge in [0.15, 0.2) is 0 Å². The summed E-state index contributed by atoms with van der Waals surface area (Å²) in [5.74, 6) is 0.682. The average molecular weight is 280 g/mol. The predicted molar refractivity (Wildman–Crippen MR) is 66.3 cm³/mol. The van der Waals surface area contributed by atoms with E-state index in [-0.39, 0.29) is 10.7 Å². The predicted octanol–water partition coefficient (Wildman–Crippen LogP) is 2.29. The van der Waals surface area contributed by atoms with E-state index in [0.29, 0.717) is 25.5 Å². The second-order valence-electron chi connectivity index (χ2n) is 4.04. The first-order chi connectivity index (χ1) is 7.01. The number of hydrogen-bond acceptors (Lipinski definition) is 2. The molecule has 0 fully saturated rings. The molecule has 1 amide bonds. The van der Waals surface area contributed by atoms with Crippen LogP contribution in [-0.4, -0.2) is 42.9 Å². The van der Waals surface area contributed by atoms with Gasteiger partial charge in [-0.1, -0.05) is 36.2 Å². The maximum atomic E-state index is 11.7. The van der Waals surface area contributed by atoms with Gasteiger partial charge in [0, 0.05) is 27.1 Å². The Balaban J connectivity index is 3.87. The molecule has 0 bridgehead atoms. The van der Waals surface area contributed by atoms with Gasteiger partial charge >= 0.3 is 0 Å². The number of carbonyl (C=O) groups is 1. The minimum Gasteiger partial charge on any atom is -0.383 e. The van der Waals surface area contributed by atoms with Crippen LogP contribution in [0.3, 0.4) is 0 Å². The van der Waals surface area contributed by atoms with Crippen LogP contribution in [-0.2, 0) is 9.53 Å². The Bertz CT molecular complexity index is 187. The largest absolute Gasteiger partial charge is 0.383 e. The van der Waals surface area contributed by atoms with Gasteiger partial charge in [-0.2, -0.15) is 0 Å². The number of rotatable bonds is 7. The summed E-state index contributed by atoms with van der Waals surface area (Å²) in [5.41, 5.74) is 0. The number of halogens is 1. The van der Waals surface area contributed by atoms with Crippen molar-refractivity contribution in [2.45, 2.75) is 31.5 Å². The molecule has 0 heterocycles. The zero-order chi connectivity index (χ0) is 11.8. The highest BCUT2D eigenvalue weighted by Gasteiger charge is 2.15. The molecular weight excluding hydrogens is 258 g/mol.